The highest BCUT2D eigenvalue weighted by atomic mass is 35.5. The molecule has 1 unspecified atom stereocenters. The van der Waals surface area contributed by atoms with Gasteiger partial charge in [-0.05, 0) is 42.8 Å². The summed E-state index contributed by atoms with van der Waals surface area (Å²) in [7, 11) is 0. The van der Waals surface area contributed by atoms with E-state index in [4.69, 9.17) is 16.0 Å². The van der Waals surface area contributed by atoms with Gasteiger partial charge in [-0.15, -0.1) is 0 Å². The molecule has 2 aromatic heterocycles. The molecule has 2 aliphatic rings. The Labute approximate surface area is 160 Å². The number of hydrogen-bond acceptors (Lipinski definition) is 5. The second-order valence-corrected chi connectivity index (χ2v) is 7.28. The first-order chi connectivity index (χ1) is 13.1. The van der Waals surface area contributed by atoms with Crippen LogP contribution in [0.1, 0.15) is 22.8 Å². The summed E-state index contributed by atoms with van der Waals surface area (Å²) in [4.78, 5) is 12.7. The van der Waals surface area contributed by atoms with Crippen LogP contribution in [0.15, 0.2) is 52.2 Å². The molecular weight excluding hydrogens is 364 g/mol. The van der Waals surface area contributed by atoms with Gasteiger partial charge in [-0.2, -0.15) is 5.10 Å². The Morgan fingerprint density at radius 3 is 2.96 bits per heavy atom. The fourth-order valence-electron chi connectivity index (χ4n) is 3.88. The first-order valence-corrected chi connectivity index (χ1v) is 9.13. The maximum absolute atomic E-state index is 12.7. The summed E-state index contributed by atoms with van der Waals surface area (Å²) >= 11 is 6.07. The summed E-state index contributed by atoms with van der Waals surface area (Å²) < 4.78 is 6.23. The average Bonchev–Trinajstić information content (AvgIpc) is 3.29. The van der Waals surface area contributed by atoms with Crippen LogP contribution in [0.5, 0.6) is 0 Å². The maximum Gasteiger partial charge on any atom is 0.175 e. The Hall–Kier alpha value is -2.83. The van der Waals surface area contributed by atoms with Crippen molar-refractivity contribution >= 4 is 23.2 Å². The molecule has 0 bridgehead atoms. The van der Waals surface area contributed by atoms with E-state index in [2.05, 4.69) is 20.8 Å². The van der Waals surface area contributed by atoms with Crippen molar-refractivity contribution in [2.24, 2.45) is 0 Å². The van der Waals surface area contributed by atoms with Gasteiger partial charge in [0, 0.05) is 34.0 Å². The average molecular weight is 381 g/mol. The van der Waals surface area contributed by atoms with E-state index in [0.29, 0.717) is 18.1 Å². The molecule has 0 aliphatic carbocycles. The fraction of sp³-hybridized carbons (Fsp3) is 0.200. The van der Waals surface area contributed by atoms with E-state index in [1.54, 1.807) is 6.20 Å². The molecule has 0 amide bonds. The Morgan fingerprint density at radius 1 is 1.22 bits per heavy atom. The summed E-state index contributed by atoms with van der Waals surface area (Å²) in [5.41, 5.74) is 4.55. The zero-order chi connectivity index (χ0) is 18.5. The van der Waals surface area contributed by atoms with Crippen LogP contribution >= 0.6 is 11.6 Å². The minimum atomic E-state index is -0.272. The molecule has 0 radical (unpaired) electrons. The summed E-state index contributed by atoms with van der Waals surface area (Å²) in [5.74, 6) is 2.08. The number of aryl methyl sites for hydroxylation is 1. The van der Waals surface area contributed by atoms with Crippen LogP contribution in [0.2, 0.25) is 5.02 Å². The number of halogens is 1. The molecule has 1 atom stereocenters. The number of hydrogen-bond donors (Lipinski definition) is 3. The van der Waals surface area contributed by atoms with Crippen LogP contribution in [-0.2, 0) is 4.79 Å². The third kappa shape index (κ3) is 2.60. The Kier molecular flexibility index (Phi) is 3.70. The van der Waals surface area contributed by atoms with Crippen LogP contribution in [0.25, 0.3) is 11.3 Å². The number of aromatic nitrogens is 2. The Balaban J connectivity index is 1.63. The molecule has 0 fully saturated rings. The van der Waals surface area contributed by atoms with Crippen LogP contribution < -0.4 is 10.6 Å². The molecule has 3 aromatic rings. The lowest BCUT2D eigenvalue weighted by molar-refractivity contribution is -0.115. The van der Waals surface area contributed by atoms with Gasteiger partial charge in [-0.3, -0.25) is 9.89 Å². The van der Waals surface area contributed by atoms with Crippen molar-refractivity contribution in [3.05, 3.63) is 69.7 Å². The number of fused-ring (bicyclic) bond motifs is 1. The zero-order valence-corrected chi connectivity index (χ0v) is 15.4. The van der Waals surface area contributed by atoms with Crippen molar-refractivity contribution in [2.75, 3.05) is 18.4 Å². The normalized spacial score (nSPS) is 18.9. The summed E-state index contributed by atoms with van der Waals surface area (Å²) in [6, 6.07) is 9.60. The molecule has 4 heterocycles. The molecule has 5 rings (SSSR count). The van der Waals surface area contributed by atoms with E-state index in [-0.39, 0.29) is 11.7 Å². The molecule has 3 N–H and O–H groups in total. The van der Waals surface area contributed by atoms with Crippen molar-refractivity contribution in [3.63, 3.8) is 0 Å². The van der Waals surface area contributed by atoms with Gasteiger partial charge in [0.1, 0.15) is 17.3 Å². The maximum atomic E-state index is 12.7. The highest BCUT2D eigenvalue weighted by Crippen LogP contribution is 2.43. The first-order valence-electron chi connectivity index (χ1n) is 8.75. The van der Waals surface area contributed by atoms with E-state index in [0.717, 1.165) is 45.3 Å². The van der Waals surface area contributed by atoms with Gasteiger partial charge in [0.25, 0.3) is 0 Å². The van der Waals surface area contributed by atoms with Gasteiger partial charge in [0.2, 0.25) is 0 Å². The number of carbonyl (C=O) groups excluding carboxylic acids is 1. The minimum absolute atomic E-state index is 0.0706. The molecule has 2 aliphatic heterocycles. The van der Waals surface area contributed by atoms with Gasteiger partial charge in [0.05, 0.1) is 18.7 Å². The summed E-state index contributed by atoms with van der Waals surface area (Å²) in [5, 5.41) is 14.2. The number of anilines is 1. The topological polar surface area (TPSA) is 83.0 Å². The molecule has 27 heavy (non-hydrogen) atoms. The molecule has 136 valence electrons. The van der Waals surface area contributed by atoms with Crippen LogP contribution in [0.4, 0.5) is 5.82 Å². The van der Waals surface area contributed by atoms with Crippen molar-refractivity contribution < 1.29 is 9.21 Å². The number of ketones is 1. The number of nitrogens with one attached hydrogen (secondary N) is 3. The molecule has 6 nitrogen and oxygen atoms in total. The Morgan fingerprint density at radius 2 is 2.11 bits per heavy atom. The predicted octanol–water partition coefficient (Wildman–Crippen LogP) is 3.62. The number of benzene rings is 1. The number of Topliss-reactive ketones (excluding diaryl/α,β-unsaturated/α-hetero) is 1. The van der Waals surface area contributed by atoms with E-state index >= 15 is 0 Å². The minimum Gasteiger partial charge on any atom is -0.460 e. The van der Waals surface area contributed by atoms with Gasteiger partial charge in [-0.25, -0.2) is 0 Å². The third-order valence-corrected chi connectivity index (χ3v) is 5.36. The highest BCUT2D eigenvalue weighted by molar-refractivity contribution is 6.30. The smallest absolute Gasteiger partial charge is 0.175 e. The molecule has 0 spiro atoms. The van der Waals surface area contributed by atoms with Crippen molar-refractivity contribution in [1.82, 2.24) is 15.5 Å². The molecule has 1 aromatic carbocycles. The van der Waals surface area contributed by atoms with E-state index in [9.17, 15) is 4.79 Å². The largest absolute Gasteiger partial charge is 0.460 e. The van der Waals surface area contributed by atoms with Crippen LogP contribution in [0, 0.1) is 6.92 Å². The van der Waals surface area contributed by atoms with E-state index in [1.165, 1.54) is 0 Å². The number of H-pyrrole nitrogens is 1. The lowest BCUT2D eigenvalue weighted by Gasteiger charge is -2.30. The predicted molar refractivity (Wildman–Crippen MR) is 103 cm³/mol. The number of carbonyl (C=O) groups is 1. The monoisotopic (exact) mass is 380 g/mol. The van der Waals surface area contributed by atoms with Gasteiger partial charge >= 0.3 is 0 Å². The molecular formula is C20H17ClN4O2. The SMILES string of the molecule is Cc1cc(Cl)ccc1-c1ccc(C2C3=C(CNCC3=O)Nc3[nH]ncc32)o1. The standard InChI is InChI=1S/C20H17ClN4O2/c1-10-6-11(21)2-3-12(10)16-4-5-17(27-16)18-13-7-23-25-20(13)24-14-8-22-9-15(26)19(14)18/h2-7,18,22H,8-9H2,1H3,(H2,23,24,25). The van der Waals surface area contributed by atoms with Crippen molar-refractivity contribution in [3.8, 4) is 11.3 Å². The number of nitrogens with zero attached hydrogens (tertiary/aromatic N) is 1. The zero-order valence-electron chi connectivity index (χ0n) is 14.6. The van der Waals surface area contributed by atoms with Gasteiger partial charge < -0.3 is 15.1 Å². The first kappa shape index (κ1) is 16.4. The Bertz CT molecular complexity index is 1100. The lowest BCUT2D eigenvalue weighted by Crippen LogP contribution is -2.39. The number of rotatable bonds is 2. The number of aromatic amines is 1. The second kappa shape index (κ2) is 6.11. The van der Waals surface area contributed by atoms with Crippen LogP contribution in [0.3, 0.4) is 0 Å². The second-order valence-electron chi connectivity index (χ2n) is 6.84. The van der Waals surface area contributed by atoms with E-state index < -0.39 is 0 Å². The fourth-order valence-corrected chi connectivity index (χ4v) is 4.11. The van der Waals surface area contributed by atoms with Crippen LogP contribution in [-0.4, -0.2) is 29.1 Å². The number of furan rings is 1. The molecule has 0 saturated carbocycles. The third-order valence-electron chi connectivity index (χ3n) is 5.12. The highest BCUT2D eigenvalue weighted by Gasteiger charge is 2.37. The summed E-state index contributed by atoms with van der Waals surface area (Å²) in [6.07, 6.45) is 1.75. The summed E-state index contributed by atoms with van der Waals surface area (Å²) in [6.45, 7) is 2.94. The molecule has 0 saturated heterocycles. The lowest BCUT2D eigenvalue weighted by atomic mass is 9.82. The molecule has 7 heteroatoms. The van der Waals surface area contributed by atoms with E-state index in [1.807, 2.05) is 37.3 Å². The van der Waals surface area contributed by atoms with Gasteiger partial charge in [0.15, 0.2) is 5.78 Å². The van der Waals surface area contributed by atoms with Crippen molar-refractivity contribution in [1.29, 1.82) is 0 Å². The van der Waals surface area contributed by atoms with Gasteiger partial charge in [-0.1, -0.05) is 11.6 Å². The van der Waals surface area contributed by atoms with Crippen molar-refractivity contribution in [2.45, 2.75) is 12.8 Å². The quantitative estimate of drug-likeness (QED) is 0.632.